The summed E-state index contributed by atoms with van der Waals surface area (Å²) in [6, 6.07) is 11.4. The molecule has 0 bridgehead atoms. The summed E-state index contributed by atoms with van der Waals surface area (Å²) in [6.07, 6.45) is 0.932. The summed E-state index contributed by atoms with van der Waals surface area (Å²) in [4.78, 5) is 12.4. The van der Waals surface area contributed by atoms with Crippen molar-refractivity contribution in [3.8, 4) is 5.75 Å². The van der Waals surface area contributed by atoms with Gasteiger partial charge in [0.25, 0.3) is 5.91 Å². The summed E-state index contributed by atoms with van der Waals surface area (Å²) >= 11 is 0. The predicted octanol–water partition coefficient (Wildman–Crippen LogP) is 4.08. The molecule has 2 aromatic carbocycles. The van der Waals surface area contributed by atoms with Gasteiger partial charge in [-0.3, -0.25) is 4.79 Å². The highest BCUT2D eigenvalue weighted by atomic mass is 19.1. The van der Waals surface area contributed by atoms with Crippen molar-refractivity contribution in [2.75, 3.05) is 13.2 Å². The molecule has 4 nitrogen and oxygen atoms in total. The number of hydrogen-bond acceptors (Lipinski definition) is 3. The van der Waals surface area contributed by atoms with E-state index in [0.717, 1.165) is 23.3 Å². The largest absolute Gasteiger partial charge is 0.494 e. The summed E-state index contributed by atoms with van der Waals surface area (Å²) in [6.45, 7) is 5.92. The summed E-state index contributed by atoms with van der Waals surface area (Å²) in [5, 5.41) is 2.84. The van der Waals surface area contributed by atoms with Crippen molar-refractivity contribution in [2.24, 2.45) is 0 Å². The van der Waals surface area contributed by atoms with Crippen molar-refractivity contribution < 1.29 is 18.7 Å². The first kappa shape index (κ1) is 18.9. The maximum atomic E-state index is 12.9. The third-order valence-electron chi connectivity index (χ3n) is 3.59. The van der Waals surface area contributed by atoms with Gasteiger partial charge in [0, 0.05) is 24.3 Å². The molecular weight excluding hydrogens is 321 g/mol. The van der Waals surface area contributed by atoms with Gasteiger partial charge in [0.1, 0.15) is 11.6 Å². The van der Waals surface area contributed by atoms with Crippen molar-refractivity contribution in [1.82, 2.24) is 5.32 Å². The number of carbonyl (C=O) groups excluding carboxylic acids is 1. The first-order valence-electron chi connectivity index (χ1n) is 8.50. The fraction of sp³-hybridized carbons (Fsp3) is 0.350. The number of hydrogen-bond donors (Lipinski definition) is 1. The lowest BCUT2D eigenvalue weighted by Crippen LogP contribution is -2.23. The van der Waals surface area contributed by atoms with Gasteiger partial charge in [-0.05, 0) is 49.2 Å². The van der Waals surface area contributed by atoms with Crippen LogP contribution in [-0.4, -0.2) is 19.1 Å². The van der Waals surface area contributed by atoms with Gasteiger partial charge in [0.2, 0.25) is 0 Å². The molecule has 0 aromatic heterocycles. The monoisotopic (exact) mass is 345 g/mol. The number of benzene rings is 2. The summed E-state index contributed by atoms with van der Waals surface area (Å²) in [7, 11) is 0. The molecule has 0 fully saturated rings. The molecule has 134 valence electrons. The SMILES string of the molecule is CCCOCc1cc(C(=O)NCc2ccc(F)cc2)ccc1OCC. The Bertz CT molecular complexity index is 686. The Morgan fingerprint density at radius 3 is 2.56 bits per heavy atom. The maximum absolute atomic E-state index is 12.9. The molecule has 0 atom stereocenters. The highest BCUT2D eigenvalue weighted by Crippen LogP contribution is 2.21. The molecule has 1 N–H and O–H groups in total. The van der Waals surface area contributed by atoms with Crippen molar-refractivity contribution in [3.63, 3.8) is 0 Å². The number of ether oxygens (including phenoxy) is 2. The van der Waals surface area contributed by atoms with Crippen LogP contribution in [0.15, 0.2) is 42.5 Å². The van der Waals surface area contributed by atoms with E-state index >= 15 is 0 Å². The van der Waals surface area contributed by atoms with Gasteiger partial charge in [0.05, 0.1) is 13.2 Å². The average molecular weight is 345 g/mol. The van der Waals surface area contributed by atoms with Gasteiger partial charge in [-0.1, -0.05) is 19.1 Å². The molecule has 0 saturated heterocycles. The minimum Gasteiger partial charge on any atom is -0.494 e. The van der Waals surface area contributed by atoms with Crippen LogP contribution in [0.25, 0.3) is 0 Å². The van der Waals surface area contributed by atoms with Gasteiger partial charge >= 0.3 is 0 Å². The second-order valence-electron chi connectivity index (χ2n) is 5.62. The first-order valence-corrected chi connectivity index (χ1v) is 8.50. The lowest BCUT2D eigenvalue weighted by atomic mass is 10.1. The molecule has 0 aliphatic rings. The van der Waals surface area contributed by atoms with E-state index < -0.39 is 0 Å². The average Bonchev–Trinajstić information content (AvgIpc) is 2.62. The maximum Gasteiger partial charge on any atom is 0.251 e. The normalized spacial score (nSPS) is 10.5. The topological polar surface area (TPSA) is 47.6 Å². The molecule has 2 aromatic rings. The molecule has 0 unspecified atom stereocenters. The lowest BCUT2D eigenvalue weighted by molar-refractivity contribution is 0.0950. The molecule has 0 saturated carbocycles. The van der Waals surface area contributed by atoms with Crippen LogP contribution in [0.3, 0.4) is 0 Å². The molecule has 0 spiro atoms. The number of amides is 1. The van der Waals surface area contributed by atoms with Crippen LogP contribution in [0, 0.1) is 5.82 Å². The summed E-state index contributed by atoms with van der Waals surface area (Å²) < 4.78 is 24.1. The van der Waals surface area contributed by atoms with E-state index in [9.17, 15) is 9.18 Å². The lowest BCUT2D eigenvalue weighted by Gasteiger charge is -2.13. The molecule has 0 aliphatic heterocycles. The third-order valence-corrected chi connectivity index (χ3v) is 3.59. The highest BCUT2D eigenvalue weighted by molar-refractivity contribution is 5.94. The van der Waals surface area contributed by atoms with Crippen molar-refractivity contribution in [2.45, 2.75) is 33.4 Å². The number of rotatable bonds is 9. The van der Waals surface area contributed by atoms with E-state index in [1.165, 1.54) is 12.1 Å². The Kier molecular flexibility index (Phi) is 7.41. The second kappa shape index (κ2) is 9.79. The minimum atomic E-state index is -0.293. The van der Waals surface area contributed by atoms with Crippen molar-refractivity contribution in [3.05, 3.63) is 65.0 Å². The number of halogens is 1. The van der Waals surface area contributed by atoms with Gasteiger partial charge < -0.3 is 14.8 Å². The quantitative estimate of drug-likeness (QED) is 0.697. The van der Waals surface area contributed by atoms with Gasteiger partial charge in [-0.2, -0.15) is 0 Å². The third kappa shape index (κ3) is 5.87. The molecule has 5 heteroatoms. The smallest absolute Gasteiger partial charge is 0.251 e. The molecule has 0 aliphatic carbocycles. The Morgan fingerprint density at radius 2 is 1.88 bits per heavy atom. The van der Waals surface area contributed by atoms with E-state index in [-0.39, 0.29) is 11.7 Å². The Hall–Kier alpha value is -2.40. The van der Waals surface area contributed by atoms with Crippen molar-refractivity contribution >= 4 is 5.91 Å². The molecule has 0 radical (unpaired) electrons. The minimum absolute atomic E-state index is 0.191. The predicted molar refractivity (Wildman–Crippen MR) is 95.1 cm³/mol. The van der Waals surface area contributed by atoms with Crippen LogP contribution in [0.1, 0.15) is 41.8 Å². The van der Waals surface area contributed by atoms with E-state index in [2.05, 4.69) is 5.32 Å². The van der Waals surface area contributed by atoms with Gasteiger partial charge in [-0.25, -0.2) is 4.39 Å². The van der Waals surface area contributed by atoms with Gasteiger partial charge in [-0.15, -0.1) is 0 Å². The number of carbonyl (C=O) groups is 1. The van der Waals surface area contributed by atoms with Crippen LogP contribution >= 0.6 is 0 Å². The fourth-order valence-electron chi connectivity index (χ4n) is 2.34. The van der Waals surface area contributed by atoms with Crippen LogP contribution in [0.5, 0.6) is 5.75 Å². The fourth-order valence-corrected chi connectivity index (χ4v) is 2.34. The first-order chi connectivity index (χ1) is 12.1. The highest BCUT2D eigenvalue weighted by Gasteiger charge is 2.11. The molecule has 25 heavy (non-hydrogen) atoms. The van der Waals surface area contributed by atoms with Gasteiger partial charge in [0.15, 0.2) is 0 Å². The zero-order valence-corrected chi connectivity index (χ0v) is 14.7. The summed E-state index contributed by atoms with van der Waals surface area (Å²) in [5.74, 6) is 0.246. The molecule has 2 rings (SSSR count). The number of nitrogens with one attached hydrogen (secondary N) is 1. The zero-order chi connectivity index (χ0) is 18.1. The standard InChI is InChI=1S/C20H24FNO3/c1-3-11-24-14-17-12-16(7-10-19(17)25-4-2)20(23)22-13-15-5-8-18(21)9-6-15/h5-10,12H,3-4,11,13-14H2,1-2H3,(H,22,23). The Morgan fingerprint density at radius 1 is 1.12 bits per heavy atom. The van der Waals surface area contributed by atoms with Crippen molar-refractivity contribution in [1.29, 1.82) is 0 Å². The van der Waals surface area contributed by atoms with Crippen LogP contribution in [0.4, 0.5) is 4.39 Å². The van der Waals surface area contributed by atoms with E-state index in [1.54, 1.807) is 30.3 Å². The van der Waals surface area contributed by atoms with E-state index in [4.69, 9.17) is 9.47 Å². The zero-order valence-electron chi connectivity index (χ0n) is 14.7. The van der Waals surface area contributed by atoms with Crippen LogP contribution in [-0.2, 0) is 17.9 Å². The van der Waals surface area contributed by atoms with Crippen LogP contribution < -0.4 is 10.1 Å². The molecule has 1 amide bonds. The Balaban J connectivity index is 2.04. The Labute approximate surface area is 148 Å². The second-order valence-corrected chi connectivity index (χ2v) is 5.62. The summed E-state index contributed by atoms with van der Waals surface area (Å²) in [5.41, 5.74) is 2.23. The molecular formula is C20H24FNO3. The van der Waals surface area contributed by atoms with E-state index in [0.29, 0.717) is 31.9 Å². The molecule has 0 heterocycles. The van der Waals surface area contributed by atoms with Crippen LogP contribution in [0.2, 0.25) is 0 Å². The van der Waals surface area contributed by atoms with E-state index in [1.807, 2.05) is 13.8 Å².